The van der Waals surface area contributed by atoms with E-state index in [9.17, 15) is 18.8 Å². The SMILES string of the molecule is Cc1cc(F)ccc1NC(=O)CC[C@H]1CCCN(C(=O)C2=CC(=O)CC(C)(C)O2)C1. The Balaban J connectivity index is 1.53. The summed E-state index contributed by atoms with van der Waals surface area (Å²) in [4.78, 5) is 38.8. The van der Waals surface area contributed by atoms with E-state index < -0.39 is 5.60 Å². The van der Waals surface area contributed by atoms with E-state index in [2.05, 4.69) is 5.32 Å². The van der Waals surface area contributed by atoms with Crippen molar-refractivity contribution in [1.82, 2.24) is 4.90 Å². The highest BCUT2D eigenvalue weighted by Gasteiger charge is 2.35. The van der Waals surface area contributed by atoms with Crippen LogP contribution in [0.25, 0.3) is 0 Å². The lowest BCUT2D eigenvalue weighted by atomic mass is 9.92. The number of likely N-dealkylation sites (tertiary alicyclic amines) is 1. The molecule has 0 bridgehead atoms. The number of anilines is 1. The summed E-state index contributed by atoms with van der Waals surface area (Å²) in [5, 5.41) is 2.82. The number of ether oxygens (including phenoxy) is 1. The molecule has 0 saturated carbocycles. The first kappa shape index (κ1) is 22.0. The van der Waals surface area contributed by atoms with Gasteiger partial charge in [0, 0.05) is 37.7 Å². The first-order chi connectivity index (χ1) is 14.1. The number of carbonyl (C=O) groups is 3. The fraction of sp³-hybridized carbons (Fsp3) is 0.522. The van der Waals surface area contributed by atoms with Crippen LogP contribution in [0.4, 0.5) is 10.1 Å². The van der Waals surface area contributed by atoms with Crippen molar-refractivity contribution in [2.45, 2.75) is 58.5 Å². The number of rotatable bonds is 5. The van der Waals surface area contributed by atoms with E-state index >= 15 is 0 Å². The standard InChI is InChI=1S/C23H29FN2O4/c1-15-11-17(24)7-8-19(15)25-21(28)9-6-16-5-4-10-26(14-16)22(29)20-12-18(27)13-23(2,3)30-20/h7-8,11-12,16H,4-6,9-10,13-14H2,1-3H3,(H,25,28)/t16-/m1/s1. The molecule has 1 atom stereocenters. The number of benzene rings is 1. The van der Waals surface area contributed by atoms with Crippen LogP contribution in [0.15, 0.2) is 30.0 Å². The average molecular weight is 416 g/mol. The molecule has 0 radical (unpaired) electrons. The van der Waals surface area contributed by atoms with Crippen LogP contribution in [0, 0.1) is 18.7 Å². The van der Waals surface area contributed by atoms with Gasteiger partial charge in [0.1, 0.15) is 11.4 Å². The van der Waals surface area contributed by atoms with Gasteiger partial charge in [0.15, 0.2) is 11.5 Å². The minimum Gasteiger partial charge on any atom is -0.481 e. The highest BCUT2D eigenvalue weighted by atomic mass is 19.1. The first-order valence-electron chi connectivity index (χ1n) is 10.4. The topological polar surface area (TPSA) is 75.7 Å². The maximum atomic E-state index is 13.2. The van der Waals surface area contributed by atoms with E-state index in [0.29, 0.717) is 37.2 Å². The van der Waals surface area contributed by atoms with Crippen LogP contribution >= 0.6 is 0 Å². The summed E-state index contributed by atoms with van der Waals surface area (Å²) in [7, 11) is 0. The first-order valence-corrected chi connectivity index (χ1v) is 10.4. The second-order valence-corrected chi connectivity index (χ2v) is 8.82. The van der Waals surface area contributed by atoms with Gasteiger partial charge < -0.3 is 15.0 Å². The summed E-state index contributed by atoms with van der Waals surface area (Å²) < 4.78 is 18.9. The second kappa shape index (κ2) is 8.98. The van der Waals surface area contributed by atoms with E-state index in [4.69, 9.17) is 4.74 Å². The van der Waals surface area contributed by atoms with Gasteiger partial charge in [0.2, 0.25) is 5.91 Å². The van der Waals surface area contributed by atoms with Crippen molar-refractivity contribution in [1.29, 1.82) is 0 Å². The molecule has 3 rings (SSSR count). The number of nitrogens with one attached hydrogen (secondary N) is 1. The van der Waals surface area contributed by atoms with Gasteiger partial charge in [0.05, 0.1) is 0 Å². The Labute approximate surface area is 176 Å². The summed E-state index contributed by atoms with van der Waals surface area (Å²) in [5.74, 6) is -0.501. The minimum atomic E-state index is -0.678. The summed E-state index contributed by atoms with van der Waals surface area (Å²) in [6.07, 6.45) is 4.33. The van der Waals surface area contributed by atoms with Crippen LogP contribution < -0.4 is 5.32 Å². The van der Waals surface area contributed by atoms with Crippen LogP contribution in [-0.4, -0.2) is 41.2 Å². The van der Waals surface area contributed by atoms with Gasteiger partial charge in [-0.25, -0.2) is 4.39 Å². The quantitative estimate of drug-likeness (QED) is 0.793. The lowest BCUT2D eigenvalue weighted by molar-refractivity contribution is -0.139. The van der Waals surface area contributed by atoms with E-state index in [1.165, 1.54) is 18.2 Å². The molecule has 2 aliphatic rings. The molecule has 0 spiro atoms. The van der Waals surface area contributed by atoms with Crippen molar-refractivity contribution >= 4 is 23.3 Å². The smallest absolute Gasteiger partial charge is 0.289 e. The van der Waals surface area contributed by atoms with Gasteiger partial charge >= 0.3 is 0 Å². The van der Waals surface area contributed by atoms with Gasteiger partial charge in [-0.1, -0.05) is 0 Å². The largest absolute Gasteiger partial charge is 0.481 e. The molecule has 1 fully saturated rings. The van der Waals surface area contributed by atoms with E-state index in [1.807, 2.05) is 0 Å². The van der Waals surface area contributed by atoms with Gasteiger partial charge in [-0.05, 0) is 69.7 Å². The molecule has 1 saturated heterocycles. The highest BCUT2D eigenvalue weighted by Crippen LogP contribution is 2.28. The number of halogens is 1. The summed E-state index contributed by atoms with van der Waals surface area (Å²) in [6.45, 7) is 6.50. The van der Waals surface area contributed by atoms with E-state index in [-0.39, 0.29) is 41.5 Å². The predicted molar refractivity (Wildman–Crippen MR) is 111 cm³/mol. The van der Waals surface area contributed by atoms with Crippen molar-refractivity contribution in [3.63, 3.8) is 0 Å². The molecule has 2 amide bonds. The molecule has 0 unspecified atom stereocenters. The Hall–Kier alpha value is -2.70. The van der Waals surface area contributed by atoms with Crippen LogP contribution in [-0.2, 0) is 19.1 Å². The molecular formula is C23H29FN2O4. The summed E-state index contributed by atoms with van der Waals surface area (Å²) in [5.41, 5.74) is 0.606. The minimum absolute atomic E-state index is 0.101. The average Bonchev–Trinajstić information content (AvgIpc) is 2.66. The fourth-order valence-corrected chi connectivity index (χ4v) is 4.04. The summed E-state index contributed by atoms with van der Waals surface area (Å²) >= 11 is 0. The molecule has 0 aromatic heterocycles. The molecule has 6 nitrogen and oxygen atoms in total. The van der Waals surface area contributed by atoms with E-state index in [0.717, 1.165) is 12.8 Å². The zero-order valence-corrected chi connectivity index (χ0v) is 17.8. The third-order valence-corrected chi connectivity index (χ3v) is 5.54. The molecule has 162 valence electrons. The van der Waals surface area contributed by atoms with Gasteiger partial charge in [-0.15, -0.1) is 0 Å². The zero-order valence-electron chi connectivity index (χ0n) is 17.8. The van der Waals surface area contributed by atoms with Crippen molar-refractivity contribution in [2.24, 2.45) is 5.92 Å². The molecule has 1 aromatic carbocycles. The molecule has 0 aliphatic carbocycles. The van der Waals surface area contributed by atoms with E-state index in [1.54, 1.807) is 31.7 Å². The molecule has 7 heteroatoms. The Bertz CT molecular complexity index is 878. The molecule has 1 aromatic rings. The number of ketones is 1. The Morgan fingerprint density at radius 2 is 2.10 bits per heavy atom. The van der Waals surface area contributed by atoms with Crippen LogP contribution in [0.5, 0.6) is 0 Å². The normalized spacial score (nSPS) is 20.9. The summed E-state index contributed by atoms with van der Waals surface area (Å²) in [6, 6.07) is 4.26. The number of aryl methyl sites for hydroxylation is 1. The van der Waals surface area contributed by atoms with Crippen LogP contribution in [0.2, 0.25) is 0 Å². The van der Waals surface area contributed by atoms with Crippen molar-refractivity contribution in [3.05, 3.63) is 41.4 Å². The number of carbonyl (C=O) groups excluding carboxylic acids is 3. The van der Waals surface area contributed by atoms with Crippen LogP contribution in [0.3, 0.4) is 0 Å². The lowest BCUT2D eigenvalue weighted by Crippen LogP contribution is -2.44. The van der Waals surface area contributed by atoms with Gasteiger partial charge in [-0.2, -0.15) is 0 Å². The highest BCUT2D eigenvalue weighted by molar-refractivity contribution is 6.01. The van der Waals surface area contributed by atoms with Gasteiger partial charge in [-0.3, -0.25) is 14.4 Å². The number of hydrogen-bond acceptors (Lipinski definition) is 4. The number of amides is 2. The number of hydrogen-bond donors (Lipinski definition) is 1. The maximum Gasteiger partial charge on any atom is 0.289 e. The van der Waals surface area contributed by atoms with Crippen LogP contribution in [0.1, 0.15) is 51.5 Å². The van der Waals surface area contributed by atoms with Gasteiger partial charge in [0.25, 0.3) is 5.91 Å². The molecular weight excluding hydrogens is 387 g/mol. The number of piperidine rings is 1. The third kappa shape index (κ3) is 5.68. The Kier molecular flexibility index (Phi) is 6.58. The zero-order chi connectivity index (χ0) is 21.9. The number of nitrogens with zero attached hydrogens (tertiary/aromatic N) is 1. The van der Waals surface area contributed by atoms with Crippen molar-refractivity contribution in [3.8, 4) is 0 Å². The molecule has 30 heavy (non-hydrogen) atoms. The lowest BCUT2D eigenvalue weighted by Gasteiger charge is -2.36. The Morgan fingerprint density at radius 3 is 2.80 bits per heavy atom. The molecule has 2 heterocycles. The molecule has 2 aliphatic heterocycles. The fourth-order valence-electron chi connectivity index (χ4n) is 4.04. The second-order valence-electron chi connectivity index (χ2n) is 8.82. The Morgan fingerprint density at radius 1 is 1.33 bits per heavy atom. The number of allylic oxidation sites excluding steroid dienone is 1. The van der Waals surface area contributed by atoms with Crippen molar-refractivity contribution in [2.75, 3.05) is 18.4 Å². The van der Waals surface area contributed by atoms with Crippen molar-refractivity contribution < 1.29 is 23.5 Å². The molecule has 1 N–H and O–H groups in total. The predicted octanol–water partition coefficient (Wildman–Crippen LogP) is 3.74. The maximum absolute atomic E-state index is 13.2. The monoisotopic (exact) mass is 416 g/mol. The third-order valence-electron chi connectivity index (χ3n) is 5.54.